The fraction of sp³-hybridized carbons (Fsp3) is 0.636. The summed E-state index contributed by atoms with van der Waals surface area (Å²) < 4.78 is 9.73. The first-order valence-corrected chi connectivity index (χ1v) is 5.88. The molecular formula is C11H18N4O4. The highest BCUT2D eigenvalue weighted by atomic mass is 16.5. The van der Waals surface area contributed by atoms with Crippen LogP contribution in [0.1, 0.15) is 25.6 Å². The predicted molar refractivity (Wildman–Crippen MR) is 65.2 cm³/mol. The molecule has 0 aliphatic heterocycles. The number of alkyl carbamates (subject to hydrolysis) is 1. The third-order valence-electron chi connectivity index (χ3n) is 2.45. The zero-order valence-electron chi connectivity index (χ0n) is 11.5. The van der Waals surface area contributed by atoms with Gasteiger partial charge in [0.1, 0.15) is 6.04 Å². The second-order valence-corrected chi connectivity index (χ2v) is 3.99. The zero-order chi connectivity index (χ0) is 14.4. The number of likely N-dealkylation sites (N-methyl/N-ethyl adjacent to an activating group) is 1. The fourth-order valence-corrected chi connectivity index (χ4v) is 1.40. The molecule has 1 aromatic rings. The Hall–Kier alpha value is -2.12. The number of ether oxygens (including phenoxy) is 1. The molecule has 8 heteroatoms. The summed E-state index contributed by atoms with van der Waals surface area (Å²) in [6, 6.07) is -0.689. The maximum Gasteiger partial charge on any atom is 0.407 e. The zero-order valence-corrected chi connectivity index (χ0v) is 11.5. The first kappa shape index (κ1) is 14.9. The van der Waals surface area contributed by atoms with E-state index < -0.39 is 12.1 Å². The standard InChI is InChI=1S/C11H18N4O4/c1-5-8-13-14-9(19-8)6-15(3)10(16)7(2)12-11(17)18-4/h7H,5-6H2,1-4H3,(H,12,17)/t7-/m0/s1. The van der Waals surface area contributed by atoms with Crippen LogP contribution in [-0.4, -0.2) is 47.3 Å². The van der Waals surface area contributed by atoms with Crippen LogP contribution in [0.15, 0.2) is 4.42 Å². The van der Waals surface area contributed by atoms with E-state index in [9.17, 15) is 9.59 Å². The lowest BCUT2D eigenvalue weighted by atomic mass is 10.3. The second-order valence-electron chi connectivity index (χ2n) is 3.99. The highest BCUT2D eigenvalue weighted by molar-refractivity contribution is 5.84. The van der Waals surface area contributed by atoms with Crippen LogP contribution in [0.4, 0.5) is 4.79 Å². The van der Waals surface area contributed by atoms with Crippen LogP contribution in [-0.2, 0) is 22.5 Å². The Balaban J connectivity index is 2.54. The van der Waals surface area contributed by atoms with Crippen molar-refractivity contribution in [3.63, 3.8) is 0 Å². The molecule has 0 radical (unpaired) electrons. The maximum atomic E-state index is 11.9. The van der Waals surface area contributed by atoms with Crippen molar-refractivity contribution in [2.24, 2.45) is 0 Å². The van der Waals surface area contributed by atoms with Crippen molar-refractivity contribution in [1.29, 1.82) is 0 Å². The van der Waals surface area contributed by atoms with E-state index in [4.69, 9.17) is 4.42 Å². The molecule has 0 saturated heterocycles. The molecule has 0 aromatic carbocycles. The van der Waals surface area contributed by atoms with Crippen LogP contribution < -0.4 is 5.32 Å². The number of carbonyl (C=O) groups is 2. The number of nitrogens with one attached hydrogen (secondary N) is 1. The monoisotopic (exact) mass is 270 g/mol. The van der Waals surface area contributed by atoms with Gasteiger partial charge >= 0.3 is 6.09 Å². The van der Waals surface area contributed by atoms with Gasteiger partial charge in [-0.05, 0) is 6.92 Å². The van der Waals surface area contributed by atoms with E-state index in [2.05, 4.69) is 20.3 Å². The Morgan fingerprint density at radius 1 is 1.42 bits per heavy atom. The molecule has 1 heterocycles. The van der Waals surface area contributed by atoms with Gasteiger partial charge in [-0.3, -0.25) is 4.79 Å². The number of hydrogen-bond acceptors (Lipinski definition) is 6. The van der Waals surface area contributed by atoms with Gasteiger partial charge in [-0.15, -0.1) is 10.2 Å². The van der Waals surface area contributed by atoms with Crippen LogP contribution in [0, 0.1) is 0 Å². The quantitative estimate of drug-likeness (QED) is 0.828. The molecule has 0 aliphatic carbocycles. The Labute approximate surface area is 111 Å². The lowest BCUT2D eigenvalue weighted by molar-refractivity contribution is -0.132. The van der Waals surface area contributed by atoms with Gasteiger partial charge in [0.25, 0.3) is 0 Å². The summed E-state index contributed by atoms with van der Waals surface area (Å²) in [6.07, 6.45) is -0.00868. The summed E-state index contributed by atoms with van der Waals surface area (Å²) in [7, 11) is 2.83. The Morgan fingerprint density at radius 3 is 2.58 bits per heavy atom. The average molecular weight is 270 g/mol. The van der Waals surface area contributed by atoms with Gasteiger partial charge in [-0.1, -0.05) is 6.92 Å². The molecule has 8 nitrogen and oxygen atoms in total. The number of methoxy groups -OCH3 is 1. The first-order valence-electron chi connectivity index (χ1n) is 5.88. The van der Waals surface area contributed by atoms with Crippen LogP contribution in [0.25, 0.3) is 0 Å². The number of carbonyl (C=O) groups excluding carboxylic acids is 2. The van der Waals surface area contributed by atoms with Crippen LogP contribution in [0.3, 0.4) is 0 Å². The van der Waals surface area contributed by atoms with Gasteiger partial charge in [-0.2, -0.15) is 0 Å². The SMILES string of the molecule is CCc1nnc(CN(C)C(=O)[C@H](C)NC(=O)OC)o1. The van der Waals surface area contributed by atoms with Crippen molar-refractivity contribution in [2.45, 2.75) is 32.9 Å². The third kappa shape index (κ3) is 4.23. The maximum absolute atomic E-state index is 11.9. The van der Waals surface area contributed by atoms with E-state index in [0.717, 1.165) is 0 Å². The van der Waals surface area contributed by atoms with Gasteiger partial charge in [0.2, 0.25) is 17.7 Å². The molecule has 2 amide bonds. The van der Waals surface area contributed by atoms with Crippen molar-refractivity contribution >= 4 is 12.0 Å². The minimum atomic E-state index is -0.689. The van der Waals surface area contributed by atoms with Crippen molar-refractivity contribution in [3.8, 4) is 0 Å². The van der Waals surface area contributed by atoms with E-state index in [1.807, 2.05) is 6.92 Å². The molecule has 0 fully saturated rings. The molecule has 0 bridgehead atoms. The summed E-state index contributed by atoms with van der Waals surface area (Å²) in [5, 5.41) is 10.0. The number of nitrogens with zero attached hydrogens (tertiary/aromatic N) is 3. The van der Waals surface area contributed by atoms with Crippen LogP contribution in [0.2, 0.25) is 0 Å². The normalized spacial score (nSPS) is 11.8. The van der Waals surface area contributed by atoms with Crippen molar-refractivity contribution in [2.75, 3.05) is 14.2 Å². The van der Waals surface area contributed by atoms with E-state index in [1.54, 1.807) is 14.0 Å². The molecule has 0 spiro atoms. The highest BCUT2D eigenvalue weighted by Crippen LogP contribution is 2.04. The second kappa shape index (κ2) is 6.72. The largest absolute Gasteiger partial charge is 0.453 e. The van der Waals surface area contributed by atoms with E-state index in [1.165, 1.54) is 12.0 Å². The van der Waals surface area contributed by atoms with E-state index >= 15 is 0 Å². The van der Waals surface area contributed by atoms with Crippen LogP contribution in [0.5, 0.6) is 0 Å². The van der Waals surface area contributed by atoms with Gasteiger partial charge in [0.15, 0.2) is 0 Å². The number of hydrogen-bond donors (Lipinski definition) is 1. The molecule has 19 heavy (non-hydrogen) atoms. The van der Waals surface area contributed by atoms with Crippen LogP contribution >= 0.6 is 0 Å². The fourth-order valence-electron chi connectivity index (χ4n) is 1.40. The molecule has 106 valence electrons. The van der Waals surface area contributed by atoms with E-state index in [0.29, 0.717) is 18.2 Å². The lowest BCUT2D eigenvalue weighted by Gasteiger charge is -2.20. The molecule has 1 aromatic heterocycles. The molecule has 0 aliphatic rings. The van der Waals surface area contributed by atoms with Crippen molar-refractivity contribution in [3.05, 3.63) is 11.8 Å². The number of aryl methyl sites for hydroxylation is 1. The lowest BCUT2D eigenvalue weighted by Crippen LogP contribution is -2.45. The van der Waals surface area contributed by atoms with E-state index in [-0.39, 0.29) is 12.5 Å². The van der Waals surface area contributed by atoms with Crippen molar-refractivity contribution in [1.82, 2.24) is 20.4 Å². The summed E-state index contributed by atoms with van der Waals surface area (Å²) in [6.45, 7) is 3.66. The van der Waals surface area contributed by atoms with Gasteiger partial charge in [0.05, 0.1) is 13.7 Å². The molecule has 1 N–H and O–H groups in total. The third-order valence-corrected chi connectivity index (χ3v) is 2.45. The summed E-state index contributed by atoms with van der Waals surface area (Å²) in [4.78, 5) is 24.3. The minimum Gasteiger partial charge on any atom is -0.453 e. The molecule has 0 unspecified atom stereocenters. The summed E-state index contributed by atoms with van der Waals surface area (Å²) in [5.41, 5.74) is 0. The molecule has 1 rings (SSSR count). The van der Waals surface area contributed by atoms with Crippen molar-refractivity contribution < 1.29 is 18.7 Å². The topological polar surface area (TPSA) is 97.6 Å². The highest BCUT2D eigenvalue weighted by Gasteiger charge is 2.21. The molecular weight excluding hydrogens is 252 g/mol. The molecule has 1 atom stereocenters. The Bertz CT molecular complexity index is 446. The Morgan fingerprint density at radius 2 is 2.05 bits per heavy atom. The smallest absolute Gasteiger partial charge is 0.407 e. The predicted octanol–water partition coefficient (Wildman–Crippen LogP) is 0.335. The number of aromatic nitrogens is 2. The Kier molecular flexibility index (Phi) is 5.28. The number of amides is 2. The van der Waals surface area contributed by atoms with Gasteiger partial charge < -0.3 is 19.4 Å². The minimum absolute atomic E-state index is 0.193. The van der Waals surface area contributed by atoms with Gasteiger partial charge in [-0.25, -0.2) is 4.79 Å². The first-order chi connectivity index (χ1) is 8.97. The summed E-state index contributed by atoms with van der Waals surface area (Å²) in [5.74, 6) is 0.608. The molecule has 0 saturated carbocycles. The van der Waals surface area contributed by atoms with Gasteiger partial charge in [0, 0.05) is 13.5 Å². The number of rotatable bonds is 5. The summed E-state index contributed by atoms with van der Waals surface area (Å²) >= 11 is 0. The average Bonchev–Trinajstić information content (AvgIpc) is 2.85.